The smallest absolute Gasteiger partial charge is 0.358 e. The van der Waals surface area contributed by atoms with Crippen LogP contribution in [0.25, 0.3) is 16.9 Å². The summed E-state index contributed by atoms with van der Waals surface area (Å²) < 4.78 is 6.51. The van der Waals surface area contributed by atoms with Crippen LogP contribution in [0.5, 0.6) is 0 Å². The Morgan fingerprint density at radius 3 is 2.60 bits per heavy atom. The summed E-state index contributed by atoms with van der Waals surface area (Å²) in [6.07, 6.45) is 0. The molecule has 0 amide bonds. The number of halogens is 1. The zero-order valence-electron chi connectivity index (χ0n) is 10.7. The fourth-order valence-corrected chi connectivity index (χ4v) is 2.37. The van der Waals surface area contributed by atoms with Gasteiger partial charge in [0.1, 0.15) is 11.0 Å². The number of carbonyl (C=O) groups excluding carboxylic acids is 1. The Balaban J connectivity index is 2.36. The molecular weight excluding hydrogens is 276 g/mol. The highest BCUT2D eigenvalue weighted by Crippen LogP contribution is 2.26. The molecule has 2 aromatic heterocycles. The SMILES string of the molecule is COC(=O)c1nc(-c2ccccc2)n2c(Cl)cccc12. The van der Waals surface area contributed by atoms with Crippen molar-refractivity contribution in [2.24, 2.45) is 0 Å². The first-order valence-corrected chi connectivity index (χ1v) is 6.41. The van der Waals surface area contributed by atoms with E-state index in [1.807, 2.05) is 30.3 Å². The molecule has 2 heterocycles. The third-order valence-electron chi connectivity index (χ3n) is 3.03. The first kappa shape index (κ1) is 12.7. The van der Waals surface area contributed by atoms with Crippen molar-refractivity contribution in [1.29, 1.82) is 0 Å². The Kier molecular flexibility index (Phi) is 3.16. The van der Waals surface area contributed by atoms with E-state index in [-0.39, 0.29) is 5.69 Å². The lowest BCUT2D eigenvalue weighted by Crippen LogP contribution is -2.02. The molecule has 0 fully saturated rings. The molecular formula is C15H11ClN2O2. The number of imidazole rings is 1. The van der Waals surface area contributed by atoms with Crippen LogP contribution in [0.1, 0.15) is 10.5 Å². The van der Waals surface area contributed by atoms with Gasteiger partial charge in [0, 0.05) is 5.56 Å². The third kappa shape index (κ3) is 1.94. The number of aromatic nitrogens is 2. The van der Waals surface area contributed by atoms with E-state index in [0.29, 0.717) is 16.5 Å². The summed E-state index contributed by atoms with van der Waals surface area (Å²) in [5.74, 6) is 0.138. The largest absolute Gasteiger partial charge is 0.464 e. The van der Waals surface area contributed by atoms with Crippen molar-refractivity contribution in [2.75, 3.05) is 7.11 Å². The van der Waals surface area contributed by atoms with Gasteiger partial charge in [-0.2, -0.15) is 0 Å². The van der Waals surface area contributed by atoms with E-state index in [4.69, 9.17) is 16.3 Å². The highest BCUT2D eigenvalue weighted by atomic mass is 35.5. The van der Waals surface area contributed by atoms with E-state index in [0.717, 1.165) is 5.56 Å². The average Bonchev–Trinajstić information content (AvgIpc) is 2.88. The highest BCUT2D eigenvalue weighted by molar-refractivity contribution is 6.30. The zero-order chi connectivity index (χ0) is 14.1. The fourth-order valence-electron chi connectivity index (χ4n) is 2.12. The predicted octanol–water partition coefficient (Wildman–Crippen LogP) is 3.44. The molecule has 5 heteroatoms. The molecule has 0 aliphatic heterocycles. The van der Waals surface area contributed by atoms with Crippen LogP contribution in [0.3, 0.4) is 0 Å². The Morgan fingerprint density at radius 2 is 1.90 bits per heavy atom. The Hall–Kier alpha value is -2.33. The summed E-state index contributed by atoms with van der Waals surface area (Å²) in [6, 6.07) is 14.9. The van der Waals surface area contributed by atoms with Crippen LogP contribution in [0.15, 0.2) is 48.5 Å². The summed E-state index contributed by atoms with van der Waals surface area (Å²) >= 11 is 6.24. The number of ether oxygens (including phenoxy) is 1. The normalized spacial score (nSPS) is 10.7. The van der Waals surface area contributed by atoms with Crippen LogP contribution in [0.2, 0.25) is 5.15 Å². The summed E-state index contributed by atoms with van der Waals surface area (Å²) in [5, 5.41) is 0.490. The molecule has 3 rings (SSSR count). The van der Waals surface area contributed by atoms with Gasteiger partial charge in [0.15, 0.2) is 5.69 Å². The average molecular weight is 287 g/mol. The number of hydrogen-bond donors (Lipinski definition) is 0. The molecule has 0 saturated carbocycles. The van der Waals surface area contributed by atoms with Gasteiger partial charge in [-0.1, -0.05) is 48.0 Å². The maximum Gasteiger partial charge on any atom is 0.358 e. The first-order valence-electron chi connectivity index (χ1n) is 6.03. The summed E-state index contributed by atoms with van der Waals surface area (Å²) in [7, 11) is 1.33. The van der Waals surface area contributed by atoms with Crippen molar-refractivity contribution < 1.29 is 9.53 Å². The van der Waals surface area contributed by atoms with Gasteiger partial charge in [0.2, 0.25) is 0 Å². The van der Waals surface area contributed by atoms with Gasteiger partial charge in [0.05, 0.1) is 12.6 Å². The molecule has 1 aromatic carbocycles. The van der Waals surface area contributed by atoms with E-state index in [9.17, 15) is 4.79 Å². The summed E-state index contributed by atoms with van der Waals surface area (Å²) in [4.78, 5) is 16.2. The van der Waals surface area contributed by atoms with Crippen LogP contribution in [0.4, 0.5) is 0 Å². The maximum absolute atomic E-state index is 11.8. The quantitative estimate of drug-likeness (QED) is 0.535. The van der Waals surface area contributed by atoms with Crippen molar-refractivity contribution in [3.8, 4) is 11.4 Å². The van der Waals surface area contributed by atoms with Gasteiger partial charge < -0.3 is 4.74 Å². The van der Waals surface area contributed by atoms with Crippen LogP contribution >= 0.6 is 11.6 Å². The van der Waals surface area contributed by atoms with Crippen molar-refractivity contribution in [3.05, 3.63) is 59.4 Å². The van der Waals surface area contributed by atoms with Crippen LogP contribution < -0.4 is 0 Å². The van der Waals surface area contributed by atoms with Gasteiger partial charge in [-0.05, 0) is 12.1 Å². The Morgan fingerprint density at radius 1 is 1.15 bits per heavy atom. The minimum atomic E-state index is -0.480. The van der Waals surface area contributed by atoms with Crippen LogP contribution in [-0.4, -0.2) is 22.5 Å². The minimum Gasteiger partial charge on any atom is -0.464 e. The molecule has 4 nitrogen and oxygen atoms in total. The second-order valence-corrected chi connectivity index (χ2v) is 4.60. The molecule has 20 heavy (non-hydrogen) atoms. The predicted molar refractivity (Wildman–Crippen MR) is 77.0 cm³/mol. The maximum atomic E-state index is 11.8. The fraction of sp³-hybridized carbons (Fsp3) is 0.0667. The first-order chi connectivity index (χ1) is 9.72. The molecule has 100 valence electrons. The number of benzene rings is 1. The van der Waals surface area contributed by atoms with E-state index >= 15 is 0 Å². The Labute approximate surface area is 120 Å². The summed E-state index contributed by atoms with van der Waals surface area (Å²) in [5.41, 5.74) is 1.77. The van der Waals surface area contributed by atoms with Gasteiger partial charge in [-0.3, -0.25) is 4.40 Å². The second kappa shape index (κ2) is 4.98. The van der Waals surface area contributed by atoms with E-state index in [1.165, 1.54) is 7.11 Å². The zero-order valence-corrected chi connectivity index (χ0v) is 11.5. The topological polar surface area (TPSA) is 43.6 Å². The number of pyridine rings is 1. The number of fused-ring (bicyclic) bond motifs is 1. The molecule has 0 bridgehead atoms. The lowest BCUT2D eigenvalue weighted by atomic mass is 10.2. The van der Waals surface area contributed by atoms with Crippen LogP contribution in [0, 0.1) is 0 Å². The van der Waals surface area contributed by atoms with Crippen LogP contribution in [-0.2, 0) is 4.74 Å². The number of methoxy groups -OCH3 is 1. The van der Waals surface area contributed by atoms with Crippen molar-refractivity contribution in [1.82, 2.24) is 9.38 Å². The molecule has 0 aliphatic rings. The number of nitrogens with zero attached hydrogens (tertiary/aromatic N) is 2. The molecule has 0 saturated heterocycles. The number of carbonyl (C=O) groups is 1. The number of hydrogen-bond acceptors (Lipinski definition) is 3. The molecule has 0 spiro atoms. The van der Waals surface area contributed by atoms with Crippen molar-refractivity contribution >= 4 is 23.1 Å². The summed E-state index contributed by atoms with van der Waals surface area (Å²) in [6.45, 7) is 0. The number of esters is 1. The molecule has 3 aromatic rings. The minimum absolute atomic E-state index is 0.258. The standard InChI is InChI=1S/C15H11ClN2O2/c1-20-15(19)13-11-8-5-9-12(16)18(11)14(17-13)10-6-3-2-4-7-10/h2-9H,1H3. The second-order valence-electron chi connectivity index (χ2n) is 4.21. The number of rotatable bonds is 2. The molecule has 0 N–H and O–H groups in total. The lowest BCUT2D eigenvalue weighted by Gasteiger charge is -2.03. The molecule has 0 atom stereocenters. The Bertz CT molecular complexity index is 781. The van der Waals surface area contributed by atoms with Crippen molar-refractivity contribution in [3.63, 3.8) is 0 Å². The third-order valence-corrected chi connectivity index (χ3v) is 3.32. The lowest BCUT2D eigenvalue weighted by molar-refractivity contribution is 0.0597. The van der Waals surface area contributed by atoms with Gasteiger partial charge in [-0.15, -0.1) is 0 Å². The van der Waals surface area contributed by atoms with Crippen molar-refractivity contribution in [2.45, 2.75) is 0 Å². The molecule has 0 radical (unpaired) electrons. The molecule has 0 unspecified atom stereocenters. The van der Waals surface area contributed by atoms with E-state index in [1.54, 1.807) is 22.6 Å². The monoisotopic (exact) mass is 286 g/mol. The van der Waals surface area contributed by atoms with Gasteiger partial charge >= 0.3 is 5.97 Å². The highest BCUT2D eigenvalue weighted by Gasteiger charge is 2.20. The van der Waals surface area contributed by atoms with E-state index in [2.05, 4.69) is 4.98 Å². The molecule has 0 aliphatic carbocycles. The van der Waals surface area contributed by atoms with E-state index < -0.39 is 5.97 Å². The van der Waals surface area contributed by atoms with Gasteiger partial charge in [-0.25, -0.2) is 9.78 Å². The van der Waals surface area contributed by atoms with Gasteiger partial charge in [0.25, 0.3) is 0 Å².